The highest BCUT2D eigenvalue weighted by Gasteiger charge is 2.46. The van der Waals surface area contributed by atoms with Crippen LogP contribution in [0.25, 0.3) is 72.3 Å². The van der Waals surface area contributed by atoms with Crippen molar-refractivity contribution < 1.29 is 14.0 Å². The van der Waals surface area contributed by atoms with Crippen molar-refractivity contribution in [3.8, 4) is 56.7 Å². The van der Waals surface area contributed by atoms with Gasteiger partial charge in [0.25, 0.3) is 6.33 Å². The number of ether oxygens (including phenoxy) is 1. The van der Waals surface area contributed by atoms with Crippen LogP contribution in [-0.2, 0) is 5.41 Å². The molecule has 0 radical (unpaired) electrons. The number of hydrogen-bond donors (Lipinski definition) is 0. The standard InChI is InChI=1S/C60H46BN5O2/c1-38-17-14-18-39(2)56(38)61-66-51-28-16-27-50-58(51)64(37-63(50)57-45(40-19-8-6-9-20-40)24-15-25-46(57)41-21-10-7-11-22-41)53-35-44(36-54(68-61)59(53)66)67-43-29-30-48-47-23-12-13-26-49(47)65(52(48)34-43)55-33-42(31-32-62-55)60(3,4)5/h6-36H,1-5H3. The zero-order valence-electron chi connectivity index (χ0n) is 38.5. The molecule has 0 aliphatic carbocycles. The number of para-hydroxylation sites is 3. The number of hydrogen-bond acceptors (Lipinski definition) is 4. The number of benzene rings is 8. The highest BCUT2D eigenvalue weighted by molar-refractivity contribution is 6.76. The molecule has 0 atom stereocenters. The largest absolute Gasteiger partial charge is 0.536 e. The average Bonchev–Trinajstić information content (AvgIpc) is 4.04. The lowest BCUT2D eigenvalue weighted by Gasteiger charge is -2.30. The molecule has 8 aromatic carbocycles. The van der Waals surface area contributed by atoms with Crippen LogP contribution in [0.3, 0.4) is 0 Å². The van der Waals surface area contributed by atoms with Gasteiger partial charge in [-0.2, -0.15) is 0 Å². The van der Waals surface area contributed by atoms with E-state index in [1.165, 1.54) is 16.7 Å². The summed E-state index contributed by atoms with van der Waals surface area (Å²) in [6.07, 6.45) is 5.85. The normalized spacial score (nSPS) is 12.8. The third kappa shape index (κ3) is 6.13. The van der Waals surface area contributed by atoms with E-state index in [4.69, 9.17) is 14.4 Å². The third-order valence-corrected chi connectivity index (χ3v) is 13.8. The number of aromatic nitrogens is 4. The van der Waals surface area contributed by atoms with E-state index in [0.717, 1.165) is 94.9 Å². The first-order chi connectivity index (χ1) is 33.2. The molecule has 326 valence electrons. The fraction of sp³-hybridized carbons (Fsp3) is 0.100. The van der Waals surface area contributed by atoms with E-state index >= 15 is 0 Å². The van der Waals surface area contributed by atoms with Gasteiger partial charge in [-0.1, -0.05) is 159 Å². The molecule has 2 aliphatic rings. The molecule has 2 aliphatic heterocycles. The minimum Gasteiger partial charge on any atom is -0.536 e. The van der Waals surface area contributed by atoms with Gasteiger partial charge >= 0.3 is 7.05 Å². The molecule has 0 spiro atoms. The van der Waals surface area contributed by atoms with Crippen LogP contribution in [-0.4, -0.2) is 21.2 Å². The van der Waals surface area contributed by atoms with Crippen LogP contribution in [0.4, 0.5) is 11.4 Å². The number of imidazole rings is 1. The van der Waals surface area contributed by atoms with Crippen LogP contribution >= 0.6 is 0 Å². The number of aryl methyl sites for hydroxylation is 2. The van der Waals surface area contributed by atoms with Crippen LogP contribution in [0.2, 0.25) is 0 Å². The summed E-state index contributed by atoms with van der Waals surface area (Å²) in [6, 6.07) is 64.4. The Morgan fingerprint density at radius 1 is 0.618 bits per heavy atom. The molecule has 0 unspecified atom stereocenters. The molecule has 11 aromatic rings. The van der Waals surface area contributed by atoms with E-state index in [-0.39, 0.29) is 5.41 Å². The predicted octanol–water partition coefficient (Wildman–Crippen LogP) is 13.5. The van der Waals surface area contributed by atoms with Crippen molar-refractivity contribution in [1.82, 2.24) is 14.1 Å². The van der Waals surface area contributed by atoms with Gasteiger partial charge in [0.2, 0.25) is 0 Å². The van der Waals surface area contributed by atoms with Crippen molar-refractivity contribution in [1.29, 1.82) is 0 Å². The van der Waals surface area contributed by atoms with Crippen molar-refractivity contribution in [3.63, 3.8) is 0 Å². The lowest BCUT2D eigenvalue weighted by atomic mass is 9.67. The second-order valence-electron chi connectivity index (χ2n) is 19.1. The number of rotatable bonds is 7. The van der Waals surface area contributed by atoms with Gasteiger partial charge in [0, 0.05) is 34.8 Å². The highest BCUT2D eigenvalue weighted by atomic mass is 16.5. The first-order valence-electron chi connectivity index (χ1n) is 23.3. The van der Waals surface area contributed by atoms with E-state index in [0.29, 0.717) is 11.5 Å². The van der Waals surface area contributed by atoms with Crippen LogP contribution in [0.5, 0.6) is 17.2 Å². The van der Waals surface area contributed by atoms with E-state index < -0.39 is 7.05 Å². The summed E-state index contributed by atoms with van der Waals surface area (Å²) in [7, 11) is -0.414. The molecule has 68 heavy (non-hydrogen) atoms. The number of nitrogens with zero attached hydrogens (tertiary/aromatic N) is 5. The second kappa shape index (κ2) is 15.1. The van der Waals surface area contributed by atoms with Crippen molar-refractivity contribution in [2.24, 2.45) is 0 Å². The quantitative estimate of drug-likeness (QED) is 0.0909. The summed E-state index contributed by atoms with van der Waals surface area (Å²) in [6.45, 7) is 11.1. The maximum Gasteiger partial charge on any atom is 0.524 e. The van der Waals surface area contributed by atoms with Crippen LogP contribution in [0, 0.1) is 20.2 Å². The summed E-state index contributed by atoms with van der Waals surface area (Å²) >= 11 is 0. The van der Waals surface area contributed by atoms with Crippen molar-refractivity contribution >= 4 is 56.7 Å². The molecule has 13 rings (SSSR count). The maximum atomic E-state index is 7.18. The van der Waals surface area contributed by atoms with Crippen molar-refractivity contribution in [2.75, 3.05) is 4.81 Å². The molecule has 7 nitrogen and oxygen atoms in total. The van der Waals surface area contributed by atoms with Gasteiger partial charge < -0.3 is 14.2 Å². The van der Waals surface area contributed by atoms with E-state index in [1.807, 2.05) is 6.20 Å². The first kappa shape index (κ1) is 40.0. The number of anilines is 2. The average molecular weight is 880 g/mol. The predicted molar refractivity (Wildman–Crippen MR) is 276 cm³/mol. The molecular weight excluding hydrogens is 834 g/mol. The van der Waals surface area contributed by atoms with Gasteiger partial charge in [-0.05, 0) is 95.0 Å². The van der Waals surface area contributed by atoms with E-state index in [9.17, 15) is 0 Å². The zero-order valence-corrected chi connectivity index (χ0v) is 38.5. The second-order valence-corrected chi connectivity index (χ2v) is 19.1. The lowest BCUT2D eigenvalue weighted by Crippen LogP contribution is -2.50. The Bertz CT molecular complexity index is 3750. The number of pyridine rings is 1. The number of fused-ring (bicyclic) bond motifs is 5. The molecule has 0 fully saturated rings. The molecule has 8 heteroatoms. The summed E-state index contributed by atoms with van der Waals surface area (Å²) in [5.74, 6) is 2.98. The van der Waals surface area contributed by atoms with Gasteiger partial charge in [-0.15, -0.1) is 0 Å². The lowest BCUT2D eigenvalue weighted by molar-refractivity contribution is -0.571. The van der Waals surface area contributed by atoms with Crippen LogP contribution in [0.15, 0.2) is 188 Å². The van der Waals surface area contributed by atoms with Crippen LogP contribution in [0.1, 0.15) is 37.5 Å². The van der Waals surface area contributed by atoms with E-state index in [1.54, 1.807) is 0 Å². The SMILES string of the molecule is Cc1cccc(C)c1B1Oc2cc(Oc3ccc4c5ccccc5n(-c5cc(C(C)(C)C)ccn5)c4c3)cc3c2N1c1cccc2c1n-3[c-][n+]2-c1c(-c2ccccc2)cccc1-c1ccccc1. The minimum absolute atomic E-state index is 0.0366. The molecule has 0 saturated carbocycles. The van der Waals surface area contributed by atoms with Gasteiger partial charge in [0.1, 0.15) is 28.6 Å². The van der Waals surface area contributed by atoms with Gasteiger partial charge in [0.05, 0.1) is 33.6 Å². The monoisotopic (exact) mass is 879 g/mol. The Kier molecular flexibility index (Phi) is 8.87. The molecule has 5 heterocycles. The molecule has 0 amide bonds. The Hall–Kier alpha value is -8.36. The first-order valence-corrected chi connectivity index (χ1v) is 23.3. The minimum atomic E-state index is -0.414. The van der Waals surface area contributed by atoms with Crippen molar-refractivity contribution in [2.45, 2.75) is 40.0 Å². The fourth-order valence-electron chi connectivity index (χ4n) is 10.6. The smallest absolute Gasteiger partial charge is 0.524 e. The zero-order chi connectivity index (χ0) is 45.8. The Balaban J connectivity index is 1.03. The Morgan fingerprint density at radius 2 is 1.29 bits per heavy atom. The molecule has 0 bridgehead atoms. The maximum absolute atomic E-state index is 7.18. The van der Waals surface area contributed by atoms with Crippen molar-refractivity contribution in [3.05, 3.63) is 211 Å². The fourth-order valence-corrected chi connectivity index (χ4v) is 10.6. The summed E-state index contributed by atoms with van der Waals surface area (Å²) in [5, 5.41) is 2.29. The topological polar surface area (TPSA) is 48.3 Å². The Morgan fingerprint density at radius 3 is 2.03 bits per heavy atom. The van der Waals surface area contributed by atoms with Gasteiger partial charge in [-0.25, -0.2) is 4.98 Å². The summed E-state index contributed by atoms with van der Waals surface area (Å²) in [5.41, 5.74) is 17.3. The molecule has 0 saturated heterocycles. The highest BCUT2D eigenvalue weighted by Crippen LogP contribution is 2.53. The molecule has 0 N–H and O–H groups in total. The van der Waals surface area contributed by atoms with Gasteiger partial charge in [-0.3, -0.25) is 13.7 Å². The third-order valence-electron chi connectivity index (χ3n) is 13.8. The summed E-state index contributed by atoms with van der Waals surface area (Å²) in [4.78, 5) is 7.31. The van der Waals surface area contributed by atoms with Crippen LogP contribution < -0.4 is 24.2 Å². The Labute approximate surface area is 395 Å². The molecule has 3 aromatic heterocycles. The van der Waals surface area contributed by atoms with E-state index in [2.05, 4.69) is 241 Å². The molecular formula is C60H46BN5O2. The van der Waals surface area contributed by atoms with Gasteiger partial charge in [0.15, 0.2) is 0 Å². The summed E-state index contributed by atoms with van der Waals surface area (Å²) < 4.78 is 20.9.